The van der Waals surface area contributed by atoms with Crippen LogP contribution in [0.3, 0.4) is 0 Å². The highest BCUT2D eigenvalue weighted by Gasteiger charge is 2.19. The van der Waals surface area contributed by atoms with E-state index in [0.29, 0.717) is 5.70 Å². The van der Waals surface area contributed by atoms with Crippen molar-refractivity contribution in [2.75, 3.05) is 4.43 Å². The Labute approximate surface area is 85.6 Å². The quantitative estimate of drug-likeness (QED) is 0.605. The van der Waals surface area contributed by atoms with Crippen LogP contribution in [0.1, 0.15) is 6.92 Å². The van der Waals surface area contributed by atoms with Gasteiger partial charge in [-0.2, -0.15) is 0 Å². The Morgan fingerprint density at radius 3 is 2.75 bits per heavy atom. The summed E-state index contributed by atoms with van der Waals surface area (Å²) in [5, 5.41) is 2.66. The smallest absolute Gasteiger partial charge is 0.251 e. The fraction of sp³-hybridized carbons (Fsp3) is 0.222. The van der Waals surface area contributed by atoms with Gasteiger partial charge in [-0.15, -0.1) is 0 Å². The normalized spacial score (nSPS) is 17.8. The molecular formula is C9H10INO. The third kappa shape index (κ3) is 1.77. The number of carbonyl (C=O) groups is 1. The Morgan fingerprint density at radius 1 is 1.67 bits per heavy atom. The van der Waals surface area contributed by atoms with E-state index in [2.05, 4.69) is 34.5 Å². The molecule has 3 heteroatoms. The molecule has 12 heavy (non-hydrogen) atoms. The first-order valence-corrected chi connectivity index (χ1v) is 5.13. The van der Waals surface area contributed by atoms with Gasteiger partial charge in [0.25, 0.3) is 5.91 Å². The fourth-order valence-corrected chi connectivity index (χ4v) is 1.29. The minimum atomic E-state index is -0.0342. The van der Waals surface area contributed by atoms with Gasteiger partial charge in [0.05, 0.1) is 0 Å². The van der Waals surface area contributed by atoms with Crippen molar-refractivity contribution in [1.82, 2.24) is 5.32 Å². The van der Waals surface area contributed by atoms with Crippen molar-refractivity contribution in [3.05, 3.63) is 35.6 Å². The Bertz CT molecular complexity index is 289. The van der Waals surface area contributed by atoms with Gasteiger partial charge in [0.2, 0.25) is 0 Å². The lowest BCUT2D eigenvalue weighted by molar-refractivity contribution is -0.116. The molecule has 1 N–H and O–H groups in total. The zero-order valence-electron chi connectivity index (χ0n) is 6.86. The number of hydrogen-bond acceptors (Lipinski definition) is 1. The first kappa shape index (κ1) is 9.51. The van der Waals surface area contributed by atoms with Gasteiger partial charge < -0.3 is 5.32 Å². The predicted molar refractivity (Wildman–Crippen MR) is 58.0 cm³/mol. The highest BCUT2D eigenvalue weighted by molar-refractivity contribution is 14.1. The summed E-state index contributed by atoms with van der Waals surface area (Å²) >= 11 is 2.25. The molecule has 1 heterocycles. The zero-order valence-corrected chi connectivity index (χ0v) is 9.01. The van der Waals surface area contributed by atoms with Crippen LogP contribution in [-0.2, 0) is 4.79 Å². The van der Waals surface area contributed by atoms with E-state index >= 15 is 0 Å². The summed E-state index contributed by atoms with van der Waals surface area (Å²) in [5.41, 5.74) is 2.39. The fourth-order valence-electron chi connectivity index (χ4n) is 1.03. The van der Waals surface area contributed by atoms with Crippen LogP contribution in [0, 0.1) is 0 Å². The number of alkyl halides is 1. The molecule has 0 aromatic rings. The molecule has 0 spiro atoms. The van der Waals surface area contributed by atoms with E-state index in [4.69, 9.17) is 0 Å². The van der Waals surface area contributed by atoms with Crippen LogP contribution < -0.4 is 5.32 Å². The maximum atomic E-state index is 11.1. The van der Waals surface area contributed by atoms with Gasteiger partial charge in [-0.1, -0.05) is 41.3 Å². The molecule has 2 nitrogen and oxygen atoms in total. The second-order valence-corrected chi connectivity index (χ2v) is 3.41. The SMILES string of the molecule is C=C1NC(=O)C(C)=C1/C=C\CI. The van der Waals surface area contributed by atoms with Gasteiger partial charge in [0.15, 0.2) is 0 Å². The van der Waals surface area contributed by atoms with Crippen LogP contribution >= 0.6 is 22.6 Å². The molecule has 1 amide bonds. The van der Waals surface area contributed by atoms with Crippen LogP contribution in [-0.4, -0.2) is 10.3 Å². The first-order valence-electron chi connectivity index (χ1n) is 3.61. The minimum absolute atomic E-state index is 0.0342. The van der Waals surface area contributed by atoms with E-state index in [0.717, 1.165) is 15.6 Å². The molecule has 64 valence electrons. The minimum Gasteiger partial charge on any atom is -0.322 e. The van der Waals surface area contributed by atoms with Crippen LogP contribution in [0.2, 0.25) is 0 Å². The summed E-state index contributed by atoms with van der Waals surface area (Å²) in [7, 11) is 0. The average molecular weight is 275 g/mol. The summed E-state index contributed by atoms with van der Waals surface area (Å²) in [5.74, 6) is -0.0342. The number of halogens is 1. The first-order chi connectivity index (χ1) is 5.66. The Kier molecular flexibility index (Phi) is 3.08. The highest BCUT2D eigenvalue weighted by atomic mass is 127. The molecule has 0 aromatic carbocycles. The Hall–Kier alpha value is -0.580. The average Bonchev–Trinajstić information content (AvgIpc) is 2.25. The number of rotatable bonds is 2. The molecular weight excluding hydrogens is 265 g/mol. The van der Waals surface area contributed by atoms with Gasteiger partial charge >= 0.3 is 0 Å². The van der Waals surface area contributed by atoms with Crippen molar-refractivity contribution in [2.45, 2.75) is 6.92 Å². The number of allylic oxidation sites excluding steroid dienone is 2. The molecule has 0 saturated heterocycles. The molecule has 0 bridgehead atoms. The van der Waals surface area contributed by atoms with E-state index in [1.165, 1.54) is 0 Å². The lowest BCUT2D eigenvalue weighted by atomic mass is 10.1. The second-order valence-electron chi connectivity index (χ2n) is 2.53. The number of amides is 1. The molecule has 0 fully saturated rings. The van der Waals surface area contributed by atoms with Crippen LogP contribution in [0.5, 0.6) is 0 Å². The molecule has 0 aromatic heterocycles. The van der Waals surface area contributed by atoms with Gasteiger partial charge in [0, 0.05) is 21.3 Å². The van der Waals surface area contributed by atoms with Crippen molar-refractivity contribution in [3.8, 4) is 0 Å². The number of nitrogens with one attached hydrogen (secondary N) is 1. The molecule has 0 radical (unpaired) electrons. The molecule has 1 aliphatic heterocycles. The van der Waals surface area contributed by atoms with Crippen molar-refractivity contribution < 1.29 is 4.79 Å². The predicted octanol–water partition coefficient (Wildman–Crippen LogP) is 1.94. The lowest BCUT2D eigenvalue weighted by Gasteiger charge is -1.95. The van der Waals surface area contributed by atoms with Crippen molar-refractivity contribution in [1.29, 1.82) is 0 Å². The van der Waals surface area contributed by atoms with Crippen molar-refractivity contribution in [2.24, 2.45) is 0 Å². The summed E-state index contributed by atoms with van der Waals surface area (Å²) in [6.07, 6.45) is 3.94. The standard InChI is InChI=1S/C9H10INO/c1-6-8(4-3-5-10)7(2)11-9(6)12/h3-4H,2,5H2,1H3,(H,11,12)/b4-3-. The Balaban J connectivity index is 2.93. The summed E-state index contributed by atoms with van der Waals surface area (Å²) in [6.45, 7) is 5.55. The summed E-state index contributed by atoms with van der Waals surface area (Å²) in [6, 6.07) is 0. The maximum Gasteiger partial charge on any atom is 0.251 e. The molecule has 1 aliphatic rings. The van der Waals surface area contributed by atoms with Crippen LogP contribution in [0.15, 0.2) is 35.6 Å². The number of hydrogen-bond donors (Lipinski definition) is 1. The van der Waals surface area contributed by atoms with E-state index in [1.54, 1.807) is 6.92 Å². The number of carbonyl (C=O) groups excluding carboxylic acids is 1. The second kappa shape index (κ2) is 3.89. The van der Waals surface area contributed by atoms with Crippen LogP contribution in [0.4, 0.5) is 0 Å². The summed E-state index contributed by atoms with van der Waals surface area (Å²) in [4.78, 5) is 11.1. The largest absolute Gasteiger partial charge is 0.322 e. The van der Waals surface area contributed by atoms with E-state index in [-0.39, 0.29) is 5.91 Å². The van der Waals surface area contributed by atoms with Gasteiger partial charge in [-0.05, 0) is 6.92 Å². The van der Waals surface area contributed by atoms with Gasteiger partial charge in [-0.3, -0.25) is 4.79 Å². The van der Waals surface area contributed by atoms with E-state index in [9.17, 15) is 4.79 Å². The third-order valence-corrected chi connectivity index (χ3v) is 2.22. The van der Waals surface area contributed by atoms with E-state index < -0.39 is 0 Å². The van der Waals surface area contributed by atoms with Crippen molar-refractivity contribution >= 4 is 28.5 Å². The maximum absolute atomic E-state index is 11.1. The van der Waals surface area contributed by atoms with Gasteiger partial charge in [0.1, 0.15) is 0 Å². The molecule has 0 atom stereocenters. The zero-order chi connectivity index (χ0) is 9.14. The topological polar surface area (TPSA) is 29.1 Å². The molecule has 0 saturated carbocycles. The molecule has 1 rings (SSSR count). The summed E-state index contributed by atoms with van der Waals surface area (Å²) < 4.78 is 0.940. The third-order valence-electron chi connectivity index (χ3n) is 1.71. The van der Waals surface area contributed by atoms with Crippen molar-refractivity contribution in [3.63, 3.8) is 0 Å². The molecule has 0 aliphatic carbocycles. The highest BCUT2D eigenvalue weighted by Crippen LogP contribution is 2.19. The monoisotopic (exact) mass is 275 g/mol. The Morgan fingerprint density at radius 2 is 2.33 bits per heavy atom. The van der Waals surface area contributed by atoms with Crippen LogP contribution in [0.25, 0.3) is 0 Å². The van der Waals surface area contributed by atoms with E-state index in [1.807, 2.05) is 12.2 Å². The lowest BCUT2D eigenvalue weighted by Crippen LogP contribution is -2.14. The van der Waals surface area contributed by atoms with Gasteiger partial charge in [-0.25, -0.2) is 0 Å². The molecule has 0 unspecified atom stereocenters.